The van der Waals surface area contributed by atoms with E-state index in [9.17, 15) is 4.39 Å². The second-order valence-electron chi connectivity index (χ2n) is 4.08. The summed E-state index contributed by atoms with van der Waals surface area (Å²) in [5.74, 6) is -0.197. The second-order valence-corrected chi connectivity index (χ2v) is 4.08. The molecule has 3 heteroatoms. The number of nitrogens with zero attached hydrogens (tertiary/aromatic N) is 1. The molecule has 0 spiro atoms. The van der Waals surface area contributed by atoms with Crippen LogP contribution in [0.25, 0.3) is 0 Å². The van der Waals surface area contributed by atoms with Gasteiger partial charge in [-0.2, -0.15) is 0 Å². The molecule has 1 saturated heterocycles. The van der Waals surface area contributed by atoms with Crippen LogP contribution in [0.15, 0.2) is 18.2 Å². The highest BCUT2D eigenvalue weighted by atomic mass is 19.1. The van der Waals surface area contributed by atoms with Gasteiger partial charge in [0.1, 0.15) is 5.82 Å². The first-order chi connectivity index (χ1) is 7.29. The Morgan fingerprint density at radius 3 is 2.33 bits per heavy atom. The average Bonchev–Trinajstić information content (AvgIpc) is 2.46. The summed E-state index contributed by atoms with van der Waals surface area (Å²) in [4.78, 5) is 2.08. The predicted octanol–water partition coefficient (Wildman–Crippen LogP) is 2.79. The summed E-state index contributed by atoms with van der Waals surface area (Å²) in [5, 5.41) is 0. The molecule has 2 rings (SSSR count). The number of nitrogens with two attached hydrogens (primary N) is 1. The van der Waals surface area contributed by atoms with Gasteiger partial charge in [-0.15, -0.1) is 0 Å². The van der Waals surface area contributed by atoms with E-state index in [0.717, 1.165) is 25.9 Å². The van der Waals surface area contributed by atoms with E-state index in [2.05, 4.69) is 4.90 Å². The lowest BCUT2D eigenvalue weighted by Gasteiger charge is -2.24. The van der Waals surface area contributed by atoms with Gasteiger partial charge < -0.3 is 10.6 Å². The van der Waals surface area contributed by atoms with Crippen molar-refractivity contribution >= 4 is 11.4 Å². The molecule has 0 radical (unpaired) electrons. The van der Waals surface area contributed by atoms with Crippen molar-refractivity contribution in [1.29, 1.82) is 0 Å². The van der Waals surface area contributed by atoms with Crippen molar-refractivity contribution in [1.82, 2.24) is 0 Å². The largest absolute Gasteiger partial charge is 0.397 e. The van der Waals surface area contributed by atoms with E-state index in [1.807, 2.05) is 0 Å². The highest BCUT2D eigenvalue weighted by Gasteiger charge is 2.15. The number of benzene rings is 1. The highest BCUT2D eigenvalue weighted by molar-refractivity contribution is 5.68. The molecule has 15 heavy (non-hydrogen) atoms. The molecule has 0 saturated carbocycles. The minimum absolute atomic E-state index is 0.197. The fourth-order valence-electron chi connectivity index (χ4n) is 2.16. The van der Waals surface area contributed by atoms with Crippen molar-refractivity contribution in [3.05, 3.63) is 24.0 Å². The number of hydrogen-bond donors (Lipinski definition) is 1. The normalized spacial score (nSPS) is 17.5. The number of halogens is 1. The van der Waals surface area contributed by atoms with E-state index < -0.39 is 0 Å². The third-order valence-electron chi connectivity index (χ3n) is 2.94. The van der Waals surface area contributed by atoms with E-state index in [4.69, 9.17) is 5.73 Å². The zero-order valence-electron chi connectivity index (χ0n) is 8.88. The summed E-state index contributed by atoms with van der Waals surface area (Å²) in [6.07, 6.45) is 4.75. The molecule has 0 aromatic heterocycles. The molecule has 1 fully saturated rings. The van der Waals surface area contributed by atoms with Gasteiger partial charge in [-0.3, -0.25) is 0 Å². The number of anilines is 2. The molecule has 0 amide bonds. The Kier molecular flexibility index (Phi) is 3.09. The lowest BCUT2D eigenvalue weighted by Crippen LogP contribution is -2.25. The zero-order chi connectivity index (χ0) is 10.7. The minimum atomic E-state index is -0.197. The smallest absolute Gasteiger partial charge is 0.148 e. The van der Waals surface area contributed by atoms with Gasteiger partial charge in [0.05, 0.1) is 11.4 Å². The Morgan fingerprint density at radius 1 is 1.07 bits per heavy atom. The summed E-state index contributed by atoms with van der Waals surface area (Å²) in [6, 6.07) is 4.91. The summed E-state index contributed by atoms with van der Waals surface area (Å²) < 4.78 is 13.6. The Labute approximate surface area is 89.9 Å². The highest BCUT2D eigenvalue weighted by Crippen LogP contribution is 2.28. The lowest BCUT2D eigenvalue weighted by molar-refractivity contribution is 0.617. The second kappa shape index (κ2) is 4.51. The lowest BCUT2D eigenvalue weighted by atomic mass is 10.2. The number of rotatable bonds is 1. The van der Waals surface area contributed by atoms with E-state index in [0.29, 0.717) is 11.4 Å². The van der Waals surface area contributed by atoms with Crippen LogP contribution < -0.4 is 10.6 Å². The number of para-hydroxylation sites is 1. The molecule has 1 aromatic carbocycles. The third-order valence-corrected chi connectivity index (χ3v) is 2.94. The van der Waals surface area contributed by atoms with Crippen LogP contribution in [0.1, 0.15) is 25.7 Å². The molecule has 1 heterocycles. The Morgan fingerprint density at radius 2 is 1.73 bits per heavy atom. The molecule has 1 aliphatic rings. The van der Waals surface area contributed by atoms with Crippen LogP contribution in [0.3, 0.4) is 0 Å². The van der Waals surface area contributed by atoms with E-state index in [1.165, 1.54) is 18.9 Å². The van der Waals surface area contributed by atoms with Crippen molar-refractivity contribution in [3.63, 3.8) is 0 Å². The topological polar surface area (TPSA) is 29.3 Å². The maximum absolute atomic E-state index is 13.6. The molecule has 0 aliphatic carbocycles. The number of hydrogen-bond acceptors (Lipinski definition) is 2. The fraction of sp³-hybridized carbons (Fsp3) is 0.500. The first-order valence-electron chi connectivity index (χ1n) is 5.58. The molecule has 1 aliphatic heterocycles. The Bertz CT molecular complexity index is 310. The molecule has 82 valence electrons. The quantitative estimate of drug-likeness (QED) is 0.719. The predicted molar refractivity (Wildman–Crippen MR) is 61.5 cm³/mol. The summed E-state index contributed by atoms with van der Waals surface area (Å²) in [7, 11) is 0. The fourth-order valence-corrected chi connectivity index (χ4v) is 2.16. The maximum atomic E-state index is 13.6. The van der Waals surface area contributed by atoms with Gasteiger partial charge in [-0.05, 0) is 25.0 Å². The monoisotopic (exact) mass is 208 g/mol. The average molecular weight is 208 g/mol. The van der Waals surface area contributed by atoms with E-state index in [1.54, 1.807) is 12.1 Å². The van der Waals surface area contributed by atoms with Crippen molar-refractivity contribution in [2.45, 2.75) is 25.7 Å². The SMILES string of the molecule is Nc1cccc(F)c1N1CCCCCC1. The van der Waals surface area contributed by atoms with Crippen LogP contribution in [0.2, 0.25) is 0 Å². The minimum Gasteiger partial charge on any atom is -0.397 e. The molecule has 0 unspecified atom stereocenters. The molecule has 2 N–H and O–H groups in total. The first-order valence-corrected chi connectivity index (χ1v) is 5.58. The third kappa shape index (κ3) is 2.22. The van der Waals surface area contributed by atoms with Gasteiger partial charge in [0.25, 0.3) is 0 Å². The standard InChI is InChI=1S/C12H17FN2/c13-10-6-5-7-11(14)12(10)15-8-3-1-2-4-9-15/h5-7H,1-4,8-9,14H2. The summed E-state index contributed by atoms with van der Waals surface area (Å²) in [5.41, 5.74) is 6.97. The van der Waals surface area contributed by atoms with Gasteiger partial charge in [0.2, 0.25) is 0 Å². The Balaban J connectivity index is 2.26. The summed E-state index contributed by atoms with van der Waals surface area (Å²) in [6.45, 7) is 1.84. The van der Waals surface area contributed by atoms with E-state index >= 15 is 0 Å². The van der Waals surface area contributed by atoms with Gasteiger partial charge >= 0.3 is 0 Å². The van der Waals surface area contributed by atoms with Crippen LogP contribution >= 0.6 is 0 Å². The van der Waals surface area contributed by atoms with Crippen LogP contribution in [0, 0.1) is 5.82 Å². The van der Waals surface area contributed by atoms with Gasteiger partial charge in [0, 0.05) is 13.1 Å². The zero-order valence-corrected chi connectivity index (χ0v) is 8.88. The van der Waals surface area contributed by atoms with Gasteiger partial charge in [-0.1, -0.05) is 18.9 Å². The maximum Gasteiger partial charge on any atom is 0.148 e. The van der Waals surface area contributed by atoms with Crippen LogP contribution in [0.4, 0.5) is 15.8 Å². The van der Waals surface area contributed by atoms with Gasteiger partial charge in [-0.25, -0.2) is 4.39 Å². The molecule has 1 aromatic rings. The molecule has 2 nitrogen and oxygen atoms in total. The van der Waals surface area contributed by atoms with Crippen LogP contribution in [0.5, 0.6) is 0 Å². The van der Waals surface area contributed by atoms with Crippen LogP contribution in [-0.4, -0.2) is 13.1 Å². The molecular weight excluding hydrogens is 191 g/mol. The molecular formula is C12H17FN2. The van der Waals surface area contributed by atoms with Crippen molar-refractivity contribution < 1.29 is 4.39 Å². The molecule has 0 bridgehead atoms. The van der Waals surface area contributed by atoms with Crippen molar-refractivity contribution in [2.24, 2.45) is 0 Å². The number of nitrogen functional groups attached to an aromatic ring is 1. The molecule has 0 atom stereocenters. The summed E-state index contributed by atoms with van der Waals surface area (Å²) >= 11 is 0. The van der Waals surface area contributed by atoms with E-state index in [-0.39, 0.29) is 5.82 Å². The Hall–Kier alpha value is -1.25. The van der Waals surface area contributed by atoms with Crippen molar-refractivity contribution in [3.8, 4) is 0 Å². The van der Waals surface area contributed by atoms with Crippen LogP contribution in [-0.2, 0) is 0 Å². The van der Waals surface area contributed by atoms with Crippen molar-refractivity contribution in [2.75, 3.05) is 23.7 Å². The van der Waals surface area contributed by atoms with Gasteiger partial charge in [0.15, 0.2) is 0 Å². The first kappa shape index (κ1) is 10.3.